The van der Waals surface area contributed by atoms with Gasteiger partial charge < -0.3 is 5.32 Å². The van der Waals surface area contributed by atoms with E-state index in [4.69, 9.17) is 0 Å². The first-order valence-corrected chi connectivity index (χ1v) is 9.48. The highest BCUT2D eigenvalue weighted by Crippen LogP contribution is 2.35. The van der Waals surface area contributed by atoms with Crippen molar-refractivity contribution in [1.82, 2.24) is 5.32 Å². The van der Waals surface area contributed by atoms with Crippen molar-refractivity contribution in [2.75, 3.05) is 6.54 Å². The zero-order chi connectivity index (χ0) is 14.2. The topological polar surface area (TPSA) is 12.0 Å². The Labute approximate surface area is 129 Å². The third-order valence-corrected chi connectivity index (χ3v) is 5.93. The van der Waals surface area contributed by atoms with E-state index in [1.807, 2.05) is 11.3 Å². The maximum absolute atomic E-state index is 3.80. The molecule has 1 fully saturated rings. The van der Waals surface area contributed by atoms with Crippen LogP contribution in [-0.2, 0) is 6.42 Å². The number of hydrogen-bond acceptors (Lipinski definition) is 2. The van der Waals surface area contributed by atoms with Gasteiger partial charge in [-0.2, -0.15) is 0 Å². The predicted molar refractivity (Wildman–Crippen MR) is 90.5 cm³/mol. The van der Waals surface area contributed by atoms with E-state index in [0.29, 0.717) is 0 Å². The van der Waals surface area contributed by atoms with Gasteiger partial charge >= 0.3 is 0 Å². The lowest BCUT2D eigenvalue weighted by atomic mass is 9.73. The van der Waals surface area contributed by atoms with Gasteiger partial charge in [-0.3, -0.25) is 0 Å². The molecule has 1 N–H and O–H groups in total. The third kappa shape index (κ3) is 4.60. The summed E-state index contributed by atoms with van der Waals surface area (Å²) in [6.45, 7) is 5.77. The van der Waals surface area contributed by atoms with Crippen LogP contribution in [0.15, 0.2) is 17.5 Å². The van der Waals surface area contributed by atoms with Crippen LogP contribution in [0.25, 0.3) is 0 Å². The molecule has 3 unspecified atom stereocenters. The first kappa shape index (κ1) is 16.0. The second-order valence-electron chi connectivity index (χ2n) is 6.25. The van der Waals surface area contributed by atoms with E-state index >= 15 is 0 Å². The molecular formula is C18H31NS. The summed E-state index contributed by atoms with van der Waals surface area (Å²) in [5, 5.41) is 6.00. The van der Waals surface area contributed by atoms with E-state index in [1.54, 1.807) is 4.88 Å². The fourth-order valence-corrected chi connectivity index (χ4v) is 4.70. The lowest BCUT2D eigenvalue weighted by Crippen LogP contribution is -2.41. The molecule has 2 heteroatoms. The monoisotopic (exact) mass is 293 g/mol. The van der Waals surface area contributed by atoms with Gasteiger partial charge in [0.1, 0.15) is 0 Å². The van der Waals surface area contributed by atoms with Crippen LogP contribution in [0.1, 0.15) is 63.7 Å². The number of hydrogen-bond donors (Lipinski definition) is 1. The zero-order valence-corrected chi connectivity index (χ0v) is 14.1. The van der Waals surface area contributed by atoms with Crippen LogP contribution in [-0.4, -0.2) is 12.6 Å². The van der Waals surface area contributed by atoms with Crippen LogP contribution in [0.4, 0.5) is 0 Å². The fraction of sp³-hybridized carbons (Fsp3) is 0.778. The molecule has 1 aromatic rings. The minimum atomic E-state index is 0.755. The maximum Gasteiger partial charge on any atom is 0.00979 e. The van der Waals surface area contributed by atoms with Crippen LogP contribution < -0.4 is 5.32 Å². The van der Waals surface area contributed by atoms with Crippen LogP contribution in [0.5, 0.6) is 0 Å². The van der Waals surface area contributed by atoms with Crippen LogP contribution >= 0.6 is 11.3 Å². The summed E-state index contributed by atoms with van der Waals surface area (Å²) in [6, 6.07) is 5.21. The Bertz CT molecular complexity index is 346. The number of rotatable bonds is 8. The first-order chi connectivity index (χ1) is 9.85. The highest BCUT2D eigenvalue weighted by atomic mass is 32.1. The standard InChI is InChI=1S/C18H31NS/c1-3-15-9-5-6-12-17(15)18(19-4-2)13-7-10-16-11-8-14-20-16/h8,11,14-15,17-19H,3-7,9-10,12-13H2,1-2H3. The molecule has 0 aromatic carbocycles. The van der Waals surface area contributed by atoms with E-state index in [9.17, 15) is 0 Å². The lowest BCUT2D eigenvalue weighted by Gasteiger charge is -2.37. The molecule has 0 aliphatic heterocycles. The molecule has 0 spiro atoms. The molecule has 3 atom stereocenters. The van der Waals surface area contributed by atoms with E-state index in [0.717, 1.165) is 24.4 Å². The van der Waals surface area contributed by atoms with Gasteiger partial charge in [0.05, 0.1) is 0 Å². The summed E-state index contributed by atoms with van der Waals surface area (Å²) < 4.78 is 0. The van der Waals surface area contributed by atoms with Crippen molar-refractivity contribution in [3.8, 4) is 0 Å². The van der Waals surface area contributed by atoms with Gasteiger partial charge in [0, 0.05) is 10.9 Å². The van der Waals surface area contributed by atoms with Gasteiger partial charge in [0.15, 0.2) is 0 Å². The molecule has 20 heavy (non-hydrogen) atoms. The van der Waals surface area contributed by atoms with Gasteiger partial charge in [-0.1, -0.05) is 45.6 Å². The lowest BCUT2D eigenvalue weighted by molar-refractivity contribution is 0.168. The average Bonchev–Trinajstić information content (AvgIpc) is 2.99. The van der Waals surface area contributed by atoms with Gasteiger partial charge in [0.2, 0.25) is 0 Å². The molecule has 1 saturated carbocycles. The fourth-order valence-electron chi connectivity index (χ4n) is 3.95. The van der Waals surface area contributed by atoms with Crippen molar-refractivity contribution in [3.05, 3.63) is 22.4 Å². The molecule has 1 aliphatic carbocycles. The molecular weight excluding hydrogens is 262 g/mol. The van der Waals surface area contributed by atoms with E-state index in [1.165, 1.54) is 51.4 Å². The van der Waals surface area contributed by atoms with Crippen molar-refractivity contribution in [1.29, 1.82) is 0 Å². The van der Waals surface area contributed by atoms with Crippen molar-refractivity contribution in [3.63, 3.8) is 0 Å². The smallest absolute Gasteiger partial charge is 0.00979 e. The second-order valence-corrected chi connectivity index (χ2v) is 7.28. The molecule has 1 aromatic heterocycles. The Morgan fingerprint density at radius 1 is 1.30 bits per heavy atom. The second kappa shape index (κ2) is 8.84. The maximum atomic E-state index is 3.80. The molecule has 0 bridgehead atoms. The molecule has 1 aliphatic rings. The minimum Gasteiger partial charge on any atom is -0.314 e. The first-order valence-electron chi connectivity index (χ1n) is 8.60. The Kier molecular flexibility index (Phi) is 7.09. The SMILES string of the molecule is CCNC(CCCc1cccs1)C1CCCCC1CC. The summed E-state index contributed by atoms with van der Waals surface area (Å²) in [4.78, 5) is 1.55. The number of aryl methyl sites for hydroxylation is 1. The average molecular weight is 294 g/mol. The highest BCUT2D eigenvalue weighted by Gasteiger charge is 2.29. The molecule has 0 radical (unpaired) electrons. The van der Waals surface area contributed by atoms with Crippen molar-refractivity contribution in [2.24, 2.45) is 11.8 Å². The van der Waals surface area contributed by atoms with Gasteiger partial charge in [-0.15, -0.1) is 11.3 Å². The van der Waals surface area contributed by atoms with Gasteiger partial charge in [-0.25, -0.2) is 0 Å². The van der Waals surface area contributed by atoms with Crippen LogP contribution in [0.2, 0.25) is 0 Å². The quantitative estimate of drug-likeness (QED) is 0.689. The Morgan fingerprint density at radius 2 is 2.15 bits per heavy atom. The molecule has 1 nitrogen and oxygen atoms in total. The molecule has 2 rings (SSSR count). The predicted octanol–water partition coefficient (Wildman–Crippen LogP) is 5.27. The largest absolute Gasteiger partial charge is 0.314 e. The molecule has 0 saturated heterocycles. The third-order valence-electron chi connectivity index (χ3n) is 4.99. The summed E-state index contributed by atoms with van der Waals surface area (Å²) in [6.07, 6.45) is 11.2. The summed E-state index contributed by atoms with van der Waals surface area (Å²) in [5.41, 5.74) is 0. The highest BCUT2D eigenvalue weighted by molar-refractivity contribution is 7.09. The summed E-state index contributed by atoms with van der Waals surface area (Å²) in [7, 11) is 0. The van der Waals surface area contributed by atoms with Crippen molar-refractivity contribution in [2.45, 2.75) is 71.3 Å². The van der Waals surface area contributed by atoms with Crippen LogP contribution in [0.3, 0.4) is 0 Å². The normalized spacial score (nSPS) is 24.7. The van der Waals surface area contributed by atoms with E-state index in [-0.39, 0.29) is 0 Å². The Balaban J connectivity index is 1.84. The zero-order valence-electron chi connectivity index (χ0n) is 13.2. The minimum absolute atomic E-state index is 0.755. The molecule has 0 amide bonds. The van der Waals surface area contributed by atoms with Crippen molar-refractivity contribution < 1.29 is 0 Å². The summed E-state index contributed by atoms with van der Waals surface area (Å²) >= 11 is 1.91. The van der Waals surface area contributed by atoms with Crippen LogP contribution in [0, 0.1) is 11.8 Å². The van der Waals surface area contributed by atoms with Crippen molar-refractivity contribution >= 4 is 11.3 Å². The van der Waals surface area contributed by atoms with Gasteiger partial charge in [-0.05, 0) is 55.5 Å². The van der Waals surface area contributed by atoms with E-state index < -0.39 is 0 Å². The van der Waals surface area contributed by atoms with E-state index in [2.05, 4.69) is 36.7 Å². The summed E-state index contributed by atoms with van der Waals surface area (Å²) in [5.74, 6) is 1.89. The molecule has 1 heterocycles. The Hall–Kier alpha value is -0.340. The Morgan fingerprint density at radius 3 is 2.85 bits per heavy atom. The number of thiophene rings is 1. The number of nitrogens with one attached hydrogen (secondary N) is 1. The van der Waals surface area contributed by atoms with Gasteiger partial charge in [0.25, 0.3) is 0 Å². The molecule has 114 valence electrons.